The van der Waals surface area contributed by atoms with Crippen molar-refractivity contribution in [2.45, 2.75) is 12.6 Å². The molecule has 0 fully saturated rings. The lowest BCUT2D eigenvalue weighted by atomic mass is 10.2. The van der Waals surface area contributed by atoms with Crippen LogP contribution in [0.1, 0.15) is 22.5 Å². The first-order chi connectivity index (χ1) is 7.95. The molecule has 0 atom stereocenters. The molecule has 0 aliphatic heterocycles. The third-order valence-corrected chi connectivity index (χ3v) is 1.98. The molecule has 1 aromatic heterocycles. The largest absolute Gasteiger partial charge is 0.433 e. The number of rotatable bonds is 4. The summed E-state index contributed by atoms with van der Waals surface area (Å²) < 4.78 is 36.6. The van der Waals surface area contributed by atoms with Crippen LogP contribution in [0.2, 0.25) is 0 Å². The van der Waals surface area contributed by atoms with Gasteiger partial charge in [-0.1, -0.05) is 0 Å². The number of halogens is 3. The maximum absolute atomic E-state index is 12.2. The molecule has 0 radical (unpaired) electrons. The highest BCUT2D eigenvalue weighted by atomic mass is 19.4. The molecular formula is C10H12F3N3O. The Balaban J connectivity index is 2.64. The minimum absolute atomic E-state index is 0.0926. The Morgan fingerprint density at radius 3 is 2.59 bits per heavy atom. The van der Waals surface area contributed by atoms with Gasteiger partial charge in [-0.25, -0.2) is 0 Å². The van der Waals surface area contributed by atoms with Gasteiger partial charge in [0.15, 0.2) is 0 Å². The molecule has 0 unspecified atom stereocenters. The highest BCUT2D eigenvalue weighted by Gasteiger charge is 2.32. The summed E-state index contributed by atoms with van der Waals surface area (Å²) in [5.74, 6) is -0.459. The summed E-state index contributed by atoms with van der Waals surface area (Å²) in [4.78, 5) is 14.6. The molecule has 7 heteroatoms. The smallest absolute Gasteiger partial charge is 0.352 e. The first-order valence-electron chi connectivity index (χ1n) is 4.96. The number of hydrogen-bond donors (Lipinski definition) is 2. The number of pyridine rings is 1. The van der Waals surface area contributed by atoms with Gasteiger partial charge < -0.3 is 11.1 Å². The first kappa shape index (κ1) is 13.4. The number of amides is 1. The summed E-state index contributed by atoms with van der Waals surface area (Å²) in [6.45, 7) is 0.821. The highest BCUT2D eigenvalue weighted by Crippen LogP contribution is 2.27. The van der Waals surface area contributed by atoms with Crippen LogP contribution in [0.15, 0.2) is 18.3 Å². The molecule has 94 valence electrons. The molecule has 4 nitrogen and oxygen atoms in total. The van der Waals surface area contributed by atoms with Crippen LogP contribution in [0, 0.1) is 0 Å². The second kappa shape index (κ2) is 5.62. The molecule has 1 heterocycles. The Labute approximate surface area is 96.0 Å². The van der Waals surface area contributed by atoms with Gasteiger partial charge in [0.05, 0.1) is 5.56 Å². The number of carbonyl (C=O) groups excluding carboxylic acids is 1. The number of carbonyl (C=O) groups is 1. The van der Waals surface area contributed by atoms with Crippen molar-refractivity contribution in [3.05, 3.63) is 29.6 Å². The molecule has 1 rings (SSSR count). The van der Waals surface area contributed by atoms with E-state index in [-0.39, 0.29) is 5.56 Å². The van der Waals surface area contributed by atoms with Gasteiger partial charge in [-0.05, 0) is 25.1 Å². The zero-order valence-corrected chi connectivity index (χ0v) is 8.92. The molecule has 17 heavy (non-hydrogen) atoms. The number of aromatic nitrogens is 1. The average Bonchev–Trinajstić information content (AvgIpc) is 2.28. The molecule has 0 bridgehead atoms. The maximum atomic E-state index is 12.2. The Morgan fingerprint density at radius 1 is 1.41 bits per heavy atom. The fourth-order valence-electron chi connectivity index (χ4n) is 1.10. The molecule has 0 aromatic carbocycles. The van der Waals surface area contributed by atoms with Crippen LogP contribution in [0.25, 0.3) is 0 Å². The lowest BCUT2D eigenvalue weighted by Crippen LogP contribution is -2.26. The molecule has 0 aliphatic rings. The van der Waals surface area contributed by atoms with E-state index in [1.54, 1.807) is 0 Å². The van der Waals surface area contributed by atoms with Gasteiger partial charge >= 0.3 is 6.18 Å². The van der Waals surface area contributed by atoms with Crippen molar-refractivity contribution >= 4 is 5.91 Å². The van der Waals surface area contributed by atoms with Gasteiger partial charge in [0.25, 0.3) is 5.91 Å². The topological polar surface area (TPSA) is 68.0 Å². The molecule has 0 spiro atoms. The Bertz CT molecular complexity index is 375. The zero-order valence-electron chi connectivity index (χ0n) is 8.92. The van der Waals surface area contributed by atoms with Crippen LogP contribution < -0.4 is 11.1 Å². The average molecular weight is 247 g/mol. The van der Waals surface area contributed by atoms with E-state index in [4.69, 9.17) is 5.73 Å². The second-order valence-corrected chi connectivity index (χ2v) is 3.33. The van der Waals surface area contributed by atoms with Crippen molar-refractivity contribution in [3.8, 4) is 0 Å². The summed E-state index contributed by atoms with van der Waals surface area (Å²) in [6, 6.07) is 1.87. The van der Waals surface area contributed by atoms with Gasteiger partial charge in [-0.15, -0.1) is 0 Å². The van der Waals surface area contributed by atoms with Gasteiger partial charge in [0, 0.05) is 12.7 Å². The standard InChI is InChI=1S/C10H12F3N3O/c11-10(12,13)8-3-2-7(6-16-8)9(17)15-5-1-4-14/h2-3,6H,1,4-5,14H2,(H,15,17). The SMILES string of the molecule is NCCCNC(=O)c1ccc(C(F)(F)F)nc1. The third-order valence-electron chi connectivity index (χ3n) is 1.98. The van der Waals surface area contributed by atoms with E-state index in [1.807, 2.05) is 0 Å². The molecule has 1 amide bonds. The number of nitrogens with zero attached hydrogens (tertiary/aromatic N) is 1. The maximum Gasteiger partial charge on any atom is 0.433 e. The monoisotopic (exact) mass is 247 g/mol. The van der Waals surface area contributed by atoms with Crippen LogP contribution >= 0.6 is 0 Å². The number of hydrogen-bond acceptors (Lipinski definition) is 3. The van der Waals surface area contributed by atoms with Crippen LogP contribution in [-0.4, -0.2) is 24.0 Å². The van der Waals surface area contributed by atoms with Gasteiger partial charge in [-0.2, -0.15) is 13.2 Å². The molecule has 3 N–H and O–H groups in total. The lowest BCUT2D eigenvalue weighted by molar-refractivity contribution is -0.141. The van der Waals surface area contributed by atoms with Crippen LogP contribution in [-0.2, 0) is 6.18 Å². The Kier molecular flexibility index (Phi) is 4.45. The van der Waals surface area contributed by atoms with Crippen molar-refractivity contribution in [2.75, 3.05) is 13.1 Å². The van der Waals surface area contributed by atoms with Gasteiger partial charge in [-0.3, -0.25) is 9.78 Å². The van der Waals surface area contributed by atoms with E-state index in [1.165, 1.54) is 0 Å². The Hall–Kier alpha value is -1.63. The summed E-state index contributed by atoms with van der Waals surface area (Å²) >= 11 is 0. The summed E-state index contributed by atoms with van der Waals surface area (Å²) in [6.07, 6.45) is -2.98. The summed E-state index contributed by atoms with van der Waals surface area (Å²) in [5, 5.41) is 2.52. The van der Waals surface area contributed by atoms with E-state index < -0.39 is 17.8 Å². The van der Waals surface area contributed by atoms with E-state index >= 15 is 0 Å². The van der Waals surface area contributed by atoms with E-state index in [9.17, 15) is 18.0 Å². The predicted molar refractivity (Wildman–Crippen MR) is 55.2 cm³/mol. The van der Waals surface area contributed by atoms with Crippen molar-refractivity contribution < 1.29 is 18.0 Å². The van der Waals surface area contributed by atoms with Gasteiger partial charge in [0.2, 0.25) is 0 Å². The third kappa shape index (κ3) is 4.03. The van der Waals surface area contributed by atoms with Crippen molar-refractivity contribution in [1.29, 1.82) is 0 Å². The minimum atomic E-state index is -4.49. The lowest BCUT2D eigenvalue weighted by Gasteiger charge is -2.07. The fraction of sp³-hybridized carbons (Fsp3) is 0.400. The number of alkyl halides is 3. The van der Waals surface area contributed by atoms with E-state index in [0.29, 0.717) is 19.5 Å². The number of nitrogens with two attached hydrogens (primary N) is 1. The van der Waals surface area contributed by atoms with Crippen molar-refractivity contribution in [2.24, 2.45) is 5.73 Å². The van der Waals surface area contributed by atoms with Crippen LogP contribution in [0.5, 0.6) is 0 Å². The quantitative estimate of drug-likeness (QED) is 0.785. The Morgan fingerprint density at radius 2 is 2.12 bits per heavy atom. The molecule has 0 saturated heterocycles. The molecular weight excluding hydrogens is 235 g/mol. The predicted octanol–water partition coefficient (Wildman–Crippen LogP) is 1.18. The van der Waals surface area contributed by atoms with E-state index in [0.717, 1.165) is 18.3 Å². The minimum Gasteiger partial charge on any atom is -0.352 e. The molecule has 0 aliphatic carbocycles. The van der Waals surface area contributed by atoms with Crippen LogP contribution in [0.4, 0.5) is 13.2 Å². The highest BCUT2D eigenvalue weighted by molar-refractivity contribution is 5.93. The first-order valence-corrected chi connectivity index (χ1v) is 4.96. The summed E-state index contributed by atoms with van der Waals surface area (Å²) in [7, 11) is 0. The fourth-order valence-corrected chi connectivity index (χ4v) is 1.10. The van der Waals surface area contributed by atoms with Crippen LogP contribution in [0.3, 0.4) is 0 Å². The molecule has 0 saturated carbocycles. The number of nitrogens with one attached hydrogen (secondary N) is 1. The zero-order chi connectivity index (χ0) is 12.9. The second-order valence-electron chi connectivity index (χ2n) is 3.33. The molecule has 1 aromatic rings. The normalized spacial score (nSPS) is 11.3. The van der Waals surface area contributed by atoms with Crippen molar-refractivity contribution in [3.63, 3.8) is 0 Å². The summed E-state index contributed by atoms with van der Waals surface area (Å²) in [5.41, 5.74) is 4.31. The van der Waals surface area contributed by atoms with Gasteiger partial charge in [0.1, 0.15) is 5.69 Å². The van der Waals surface area contributed by atoms with Crippen molar-refractivity contribution in [1.82, 2.24) is 10.3 Å². The van der Waals surface area contributed by atoms with E-state index in [2.05, 4.69) is 10.3 Å².